The van der Waals surface area contributed by atoms with Gasteiger partial charge in [0.15, 0.2) is 0 Å². The van der Waals surface area contributed by atoms with Gasteiger partial charge in [0.2, 0.25) is 0 Å². The maximum Gasteiger partial charge on any atom is 0.408 e. The number of alkyl carbamates (subject to hydrolysis) is 1. The van der Waals surface area contributed by atoms with E-state index in [0.717, 1.165) is 75.8 Å². The Labute approximate surface area is 230 Å². The van der Waals surface area contributed by atoms with Crippen LogP contribution in [-0.2, 0) is 27.1 Å². The van der Waals surface area contributed by atoms with Gasteiger partial charge in [-0.2, -0.15) is 0 Å². The topological polar surface area (TPSA) is 110 Å². The minimum Gasteiger partial charge on any atom is -0.480 e. The number of fused-ring (bicyclic) bond motifs is 1. The van der Waals surface area contributed by atoms with Crippen molar-refractivity contribution in [2.45, 2.75) is 94.8 Å². The van der Waals surface area contributed by atoms with Crippen LogP contribution in [0, 0.1) is 5.92 Å². The lowest BCUT2D eigenvalue weighted by Gasteiger charge is -2.35. The molecule has 1 aliphatic heterocycles. The third kappa shape index (κ3) is 7.72. The average Bonchev–Trinajstić information content (AvgIpc) is 2.93. The highest BCUT2D eigenvalue weighted by atomic mass is 16.6. The lowest BCUT2D eigenvalue weighted by molar-refractivity contribution is -0.140. The standard InChI is InChI=1S/C31H41N3O5/c35-30(36)28(34-31(37)39-26-14-10-23(11-15-26)22-5-2-1-3-6-22)16-18-38-27-19-21(20-27)8-12-25-13-9-24-7-4-17-32-29(24)33-25/h1-3,5-6,9,13,21,23,26-28H,4,7-8,10-12,14-20H2,(H,32,33)(H,34,37)(H,35,36)/t21?,23?,26?,27?,28-/m0/s1. The maximum atomic E-state index is 12.4. The first-order valence-electron chi connectivity index (χ1n) is 14.6. The number of rotatable bonds is 11. The van der Waals surface area contributed by atoms with Gasteiger partial charge in [0.05, 0.1) is 6.10 Å². The van der Waals surface area contributed by atoms with Crippen molar-refractivity contribution in [2.75, 3.05) is 18.5 Å². The quantitative estimate of drug-likeness (QED) is 0.350. The lowest BCUT2D eigenvalue weighted by Crippen LogP contribution is -2.43. The second kappa shape index (κ2) is 13.3. The molecule has 2 fully saturated rings. The van der Waals surface area contributed by atoms with Crippen LogP contribution in [0.15, 0.2) is 42.5 Å². The van der Waals surface area contributed by atoms with Gasteiger partial charge in [-0.1, -0.05) is 36.4 Å². The number of amides is 1. The zero-order chi connectivity index (χ0) is 27.0. The summed E-state index contributed by atoms with van der Waals surface area (Å²) in [6, 6.07) is 13.8. The first-order valence-corrected chi connectivity index (χ1v) is 14.6. The Balaban J connectivity index is 0.953. The van der Waals surface area contributed by atoms with Crippen molar-refractivity contribution in [1.82, 2.24) is 10.3 Å². The van der Waals surface area contributed by atoms with E-state index in [4.69, 9.17) is 14.5 Å². The van der Waals surface area contributed by atoms with E-state index in [1.54, 1.807) is 0 Å². The molecule has 3 aliphatic rings. The van der Waals surface area contributed by atoms with E-state index in [0.29, 0.717) is 18.4 Å². The monoisotopic (exact) mass is 535 g/mol. The third-order valence-electron chi connectivity index (χ3n) is 8.52. The molecule has 1 atom stereocenters. The molecule has 0 unspecified atom stereocenters. The van der Waals surface area contributed by atoms with Crippen LogP contribution in [0.4, 0.5) is 10.6 Å². The second-order valence-corrected chi connectivity index (χ2v) is 11.3. The van der Waals surface area contributed by atoms with Crippen LogP contribution in [0.3, 0.4) is 0 Å². The summed E-state index contributed by atoms with van der Waals surface area (Å²) in [6.07, 6.45) is 9.36. The summed E-state index contributed by atoms with van der Waals surface area (Å²) in [5.41, 5.74) is 3.78. The van der Waals surface area contributed by atoms with Gasteiger partial charge in [-0.3, -0.25) is 0 Å². The Morgan fingerprint density at radius 1 is 1.05 bits per heavy atom. The number of aromatic nitrogens is 1. The molecule has 0 bridgehead atoms. The van der Waals surface area contributed by atoms with Crippen molar-refractivity contribution in [3.63, 3.8) is 0 Å². The molecule has 8 nitrogen and oxygen atoms in total. The number of aliphatic carboxylic acids is 1. The summed E-state index contributed by atoms with van der Waals surface area (Å²) in [5.74, 6) is 1.08. The van der Waals surface area contributed by atoms with Gasteiger partial charge in [-0.05, 0) is 93.2 Å². The van der Waals surface area contributed by atoms with E-state index in [1.165, 1.54) is 17.5 Å². The van der Waals surface area contributed by atoms with E-state index >= 15 is 0 Å². The van der Waals surface area contributed by atoms with Crippen molar-refractivity contribution < 1.29 is 24.2 Å². The summed E-state index contributed by atoms with van der Waals surface area (Å²) < 4.78 is 11.5. The van der Waals surface area contributed by atoms with E-state index < -0.39 is 18.1 Å². The molecule has 0 saturated heterocycles. The Hall–Kier alpha value is -3.13. The Bertz CT molecular complexity index is 1100. The largest absolute Gasteiger partial charge is 0.480 e. The fourth-order valence-electron chi connectivity index (χ4n) is 6.08. The highest BCUT2D eigenvalue weighted by Crippen LogP contribution is 2.35. The van der Waals surface area contributed by atoms with E-state index in [2.05, 4.69) is 47.0 Å². The highest BCUT2D eigenvalue weighted by Gasteiger charge is 2.31. The van der Waals surface area contributed by atoms with Crippen LogP contribution in [0.2, 0.25) is 0 Å². The number of carbonyl (C=O) groups excluding carboxylic acids is 1. The highest BCUT2D eigenvalue weighted by molar-refractivity contribution is 5.79. The number of pyridine rings is 1. The number of carbonyl (C=O) groups is 2. The van der Waals surface area contributed by atoms with Gasteiger partial charge in [-0.25, -0.2) is 14.6 Å². The number of carboxylic acid groups (broad SMARTS) is 1. The molecule has 2 aliphatic carbocycles. The minimum atomic E-state index is -1.07. The molecule has 8 heteroatoms. The molecule has 2 aromatic rings. The minimum absolute atomic E-state index is 0.161. The molecule has 5 rings (SSSR count). The van der Waals surface area contributed by atoms with Gasteiger partial charge >= 0.3 is 12.1 Å². The predicted molar refractivity (Wildman–Crippen MR) is 149 cm³/mol. The number of hydrogen-bond donors (Lipinski definition) is 3. The Morgan fingerprint density at radius 3 is 2.62 bits per heavy atom. The van der Waals surface area contributed by atoms with Gasteiger partial charge in [0.1, 0.15) is 18.0 Å². The molecule has 0 spiro atoms. The zero-order valence-corrected chi connectivity index (χ0v) is 22.6. The van der Waals surface area contributed by atoms with Crippen LogP contribution in [0.25, 0.3) is 0 Å². The molecular formula is C31H41N3O5. The molecule has 3 N–H and O–H groups in total. The SMILES string of the molecule is O=C(N[C@@H](CCOC1CC(CCc2ccc3c(n2)NCCC3)C1)C(=O)O)OC1CCC(c2ccccc2)CC1. The van der Waals surface area contributed by atoms with Crippen LogP contribution < -0.4 is 10.6 Å². The van der Waals surface area contributed by atoms with Crippen molar-refractivity contribution in [3.8, 4) is 0 Å². The van der Waals surface area contributed by atoms with Gasteiger partial charge < -0.3 is 25.2 Å². The Morgan fingerprint density at radius 2 is 1.85 bits per heavy atom. The third-order valence-corrected chi connectivity index (χ3v) is 8.52. The number of anilines is 1. The number of nitrogens with one attached hydrogen (secondary N) is 2. The number of benzene rings is 1. The van der Waals surface area contributed by atoms with Crippen LogP contribution in [0.1, 0.15) is 80.5 Å². The van der Waals surface area contributed by atoms with E-state index in [9.17, 15) is 14.7 Å². The summed E-state index contributed by atoms with van der Waals surface area (Å²) in [5, 5.41) is 15.5. The predicted octanol–water partition coefficient (Wildman–Crippen LogP) is 5.46. The normalized spacial score (nSPS) is 24.9. The van der Waals surface area contributed by atoms with Crippen molar-refractivity contribution >= 4 is 17.9 Å². The number of hydrogen-bond acceptors (Lipinski definition) is 6. The number of nitrogens with zero attached hydrogens (tertiary/aromatic N) is 1. The summed E-state index contributed by atoms with van der Waals surface area (Å²) in [6.45, 7) is 1.30. The number of ether oxygens (including phenoxy) is 2. The van der Waals surface area contributed by atoms with Crippen LogP contribution in [-0.4, -0.2) is 53.6 Å². The van der Waals surface area contributed by atoms with Gasteiger partial charge in [-0.15, -0.1) is 0 Å². The maximum absolute atomic E-state index is 12.4. The van der Waals surface area contributed by atoms with Crippen molar-refractivity contribution in [3.05, 3.63) is 59.3 Å². The zero-order valence-electron chi connectivity index (χ0n) is 22.6. The van der Waals surface area contributed by atoms with Crippen molar-refractivity contribution in [1.29, 1.82) is 0 Å². The number of aryl methyl sites for hydroxylation is 2. The smallest absolute Gasteiger partial charge is 0.408 e. The molecule has 210 valence electrons. The van der Waals surface area contributed by atoms with E-state index in [-0.39, 0.29) is 18.6 Å². The fraction of sp³-hybridized carbons (Fsp3) is 0.581. The van der Waals surface area contributed by atoms with Gasteiger partial charge in [0.25, 0.3) is 0 Å². The first kappa shape index (κ1) is 27.4. The molecular weight excluding hydrogens is 494 g/mol. The lowest BCUT2D eigenvalue weighted by atomic mass is 9.79. The van der Waals surface area contributed by atoms with Crippen molar-refractivity contribution in [2.24, 2.45) is 5.92 Å². The molecule has 2 saturated carbocycles. The van der Waals surface area contributed by atoms with Crippen LogP contribution >= 0.6 is 0 Å². The molecule has 1 aromatic heterocycles. The summed E-state index contributed by atoms with van der Waals surface area (Å²) in [4.78, 5) is 28.9. The Kier molecular flexibility index (Phi) is 9.35. The second-order valence-electron chi connectivity index (χ2n) is 11.3. The molecule has 0 radical (unpaired) electrons. The fourth-order valence-corrected chi connectivity index (χ4v) is 6.08. The average molecular weight is 536 g/mol. The summed E-state index contributed by atoms with van der Waals surface area (Å²) in [7, 11) is 0. The molecule has 2 heterocycles. The summed E-state index contributed by atoms with van der Waals surface area (Å²) >= 11 is 0. The molecule has 39 heavy (non-hydrogen) atoms. The molecule has 1 aromatic carbocycles. The first-order chi connectivity index (χ1) is 19.0. The van der Waals surface area contributed by atoms with Gasteiger partial charge in [0, 0.05) is 25.3 Å². The number of carboxylic acids is 1. The van der Waals surface area contributed by atoms with E-state index in [1.807, 2.05) is 6.07 Å². The van der Waals surface area contributed by atoms with Crippen LogP contribution in [0.5, 0.6) is 0 Å². The molecule has 1 amide bonds.